The second-order valence-corrected chi connectivity index (χ2v) is 11.2. The van der Waals surface area contributed by atoms with E-state index in [1.807, 2.05) is 18.2 Å². The van der Waals surface area contributed by atoms with E-state index in [9.17, 15) is 24.3 Å². The Bertz CT molecular complexity index is 2130. The molecule has 5 aromatic rings. The van der Waals surface area contributed by atoms with Crippen molar-refractivity contribution in [3.63, 3.8) is 0 Å². The van der Waals surface area contributed by atoms with Crippen molar-refractivity contribution in [2.45, 2.75) is 25.7 Å². The number of hydrogen-bond donors (Lipinski definition) is 2. The molecule has 2 saturated heterocycles. The first-order valence-corrected chi connectivity index (χ1v) is 15.7. The third-order valence-electron chi connectivity index (χ3n) is 8.19. The lowest BCUT2D eigenvalue weighted by molar-refractivity contribution is -0.0525. The molecule has 260 valence electrons. The number of methoxy groups -OCH3 is 2. The highest BCUT2D eigenvalue weighted by Gasteiger charge is 2.22. The predicted octanol–water partition coefficient (Wildman–Crippen LogP) is 3.72. The largest absolute Gasteiger partial charge is 0.497 e. The molecule has 0 unspecified atom stereocenters. The van der Waals surface area contributed by atoms with Crippen LogP contribution in [0.3, 0.4) is 0 Å². The lowest BCUT2D eigenvalue weighted by Gasteiger charge is -2.17. The molecule has 50 heavy (non-hydrogen) atoms. The molecule has 2 aliphatic rings. The summed E-state index contributed by atoms with van der Waals surface area (Å²) < 4.78 is 35.2. The molecule has 4 heterocycles. The molecule has 0 spiro atoms. The molecular weight excluding hydrogens is 650 g/mol. The molecule has 0 aliphatic carbocycles. The number of nitrogens with one attached hydrogen (secondary N) is 1. The summed E-state index contributed by atoms with van der Waals surface area (Å²) in [6.07, 6.45) is -1.00. The Hall–Kier alpha value is -5.54. The molecule has 2 fully saturated rings. The minimum atomic E-state index is -1.15. The van der Waals surface area contributed by atoms with E-state index in [1.54, 1.807) is 60.2 Å². The van der Waals surface area contributed by atoms with Crippen molar-refractivity contribution in [1.29, 1.82) is 0 Å². The van der Waals surface area contributed by atoms with Gasteiger partial charge in [0.2, 0.25) is 0 Å². The van der Waals surface area contributed by atoms with Crippen molar-refractivity contribution in [1.82, 2.24) is 9.13 Å². The van der Waals surface area contributed by atoms with Crippen LogP contribution >= 0.6 is 0 Å². The fraction of sp³-hybridized carbons (Fsp3) is 0.278. The van der Waals surface area contributed by atoms with Crippen LogP contribution in [-0.2, 0) is 32.0 Å². The van der Waals surface area contributed by atoms with Gasteiger partial charge in [-0.3, -0.25) is 14.4 Å². The van der Waals surface area contributed by atoms with Gasteiger partial charge >= 0.3 is 5.97 Å². The number of para-hydroxylation sites is 1. The number of pyridine rings is 2. The highest BCUT2D eigenvalue weighted by Crippen LogP contribution is 2.26. The smallest absolute Gasteiger partial charge is 0.336 e. The minimum Gasteiger partial charge on any atom is -0.497 e. The summed E-state index contributed by atoms with van der Waals surface area (Å²) in [5.74, 6) is -0.363. The van der Waals surface area contributed by atoms with Crippen molar-refractivity contribution in [2.75, 3.05) is 46.0 Å². The first-order chi connectivity index (χ1) is 24.2. The number of carboxylic acid groups (broad SMARTS) is 1. The summed E-state index contributed by atoms with van der Waals surface area (Å²) in [7, 11) is 3.06. The number of amides is 1. The Morgan fingerprint density at radius 3 is 1.62 bits per heavy atom. The van der Waals surface area contributed by atoms with Crippen molar-refractivity contribution in [3.8, 4) is 11.5 Å². The molecule has 2 aromatic heterocycles. The van der Waals surface area contributed by atoms with Crippen LogP contribution in [-0.4, -0.2) is 79.3 Å². The van der Waals surface area contributed by atoms with Gasteiger partial charge in [-0.1, -0.05) is 18.2 Å². The normalized spacial score (nSPS) is 14.8. The number of hydrogen-bond acceptors (Lipinski definition) is 10. The van der Waals surface area contributed by atoms with Crippen molar-refractivity contribution in [3.05, 3.63) is 111 Å². The van der Waals surface area contributed by atoms with Crippen LogP contribution in [0.4, 0.5) is 5.69 Å². The van der Waals surface area contributed by atoms with E-state index in [1.165, 1.54) is 17.7 Å². The molecule has 2 aliphatic heterocycles. The van der Waals surface area contributed by atoms with Crippen LogP contribution in [0.25, 0.3) is 21.8 Å². The summed E-state index contributed by atoms with van der Waals surface area (Å²) in [5.41, 5.74) is 1.26. The van der Waals surface area contributed by atoms with Crippen LogP contribution < -0.4 is 25.9 Å². The molecule has 0 bridgehead atoms. The van der Waals surface area contributed by atoms with Gasteiger partial charge in [0, 0.05) is 40.7 Å². The zero-order valence-corrected chi connectivity index (χ0v) is 27.3. The monoisotopic (exact) mass is 685 g/mol. The van der Waals surface area contributed by atoms with Crippen LogP contribution in [0.2, 0.25) is 0 Å². The lowest BCUT2D eigenvalue weighted by Crippen LogP contribution is -2.29. The third kappa shape index (κ3) is 7.53. The van der Waals surface area contributed by atoms with Gasteiger partial charge in [-0.05, 0) is 36.4 Å². The van der Waals surface area contributed by atoms with Crippen LogP contribution in [0, 0.1) is 0 Å². The number of nitrogens with zero attached hydrogens (tertiary/aromatic N) is 2. The van der Waals surface area contributed by atoms with E-state index in [4.69, 9.17) is 28.4 Å². The van der Waals surface area contributed by atoms with Gasteiger partial charge in [0.1, 0.15) is 11.5 Å². The van der Waals surface area contributed by atoms with E-state index in [0.717, 1.165) is 6.07 Å². The first kappa shape index (κ1) is 34.3. The molecule has 0 radical (unpaired) electrons. The summed E-state index contributed by atoms with van der Waals surface area (Å²) in [5, 5.41) is 13.2. The Morgan fingerprint density at radius 2 is 1.16 bits per heavy atom. The molecule has 3 aromatic carbocycles. The molecule has 14 heteroatoms. The quantitative estimate of drug-likeness (QED) is 0.232. The third-order valence-corrected chi connectivity index (χ3v) is 8.19. The van der Waals surface area contributed by atoms with E-state index < -0.39 is 24.1 Å². The van der Waals surface area contributed by atoms with E-state index >= 15 is 0 Å². The number of fused-ring (bicyclic) bond motifs is 2. The van der Waals surface area contributed by atoms with Gasteiger partial charge in [-0.25, -0.2) is 4.79 Å². The average Bonchev–Trinajstić information content (AvgIpc) is 3.85. The van der Waals surface area contributed by atoms with Crippen LogP contribution in [0.1, 0.15) is 20.7 Å². The minimum absolute atomic E-state index is 0.0350. The van der Waals surface area contributed by atoms with Crippen LogP contribution in [0.15, 0.2) is 88.5 Å². The molecule has 0 saturated carbocycles. The van der Waals surface area contributed by atoms with Crippen molar-refractivity contribution in [2.24, 2.45) is 0 Å². The summed E-state index contributed by atoms with van der Waals surface area (Å²) in [6.45, 7) is 2.39. The Kier molecular flexibility index (Phi) is 10.5. The predicted molar refractivity (Wildman–Crippen MR) is 182 cm³/mol. The van der Waals surface area contributed by atoms with E-state index in [0.29, 0.717) is 71.0 Å². The summed E-state index contributed by atoms with van der Waals surface area (Å²) in [6, 6.07) is 21.8. The fourth-order valence-electron chi connectivity index (χ4n) is 5.76. The lowest BCUT2D eigenvalue weighted by atomic mass is 10.1. The number of rotatable bonds is 9. The van der Waals surface area contributed by atoms with Gasteiger partial charge < -0.3 is 48.0 Å². The van der Waals surface area contributed by atoms with E-state index in [2.05, 4.69) is 5.32 Å². The number of ether oxygens (including phenoxy) is 6. The highest BCUT2D eigenvalue weighted by molar-refractivity contribution is 6.12. The maximum Gasteiger partial charge on any atom is 0.336 e. The Labute approximate surface area is 285 Å². The summed E-state index contributed by atoms with van der Waals surface area (Å²) in [4.78, 5) is 49.3. The van der Waals surface area contributed by atoms with Gasteiger partial charge in [0.25, 0.3) is 17.0 Å². The van der Waals surface area contributed by atoms with E-state index in [-0.39, 0.29) is 30.1 Å². The van der Waals surface area contributed by atoms with Crippen LogP contribution in [0.5, 0.6) is 11.5 Å². The second kappa shape index (κ2) is 15.3. The standard InChI is InChI=1S/C21H20N2O5.C15H15NO6/c1-26-15-7-8-16-17(21(25)22-14-5-3-2-4-6-14)12-19(24)23(18(16)11-15)13-20-27-9-10-28-20;1-20-9-2-3-10-11(15(18)19)7-13(17)16(12(10)6-9)8-14-21-4-5-22-14/h2-8,11-12,20H,9-10,13H2,1H3,(H,22,25);2-3,6-7,14H,4-5,8H2,1H3,(H,18,19). The maximum atomic E-state index is 12.9. The molecule has 2 N–H and O–H groups in total. The zero-order chi connectivity index (χ0) is 35.2. The highest BCUT2D eigenvalue weighted by atomic mass is 16.7. The second-order valence-electron chi connectivity index (χ2n) is 11.2. The topological polar surface area (TPSA) is 166 Å². The summed E-state index contributed by atoms with van der Waals surface area (Å²) >= 11 is 0. The number of aromatic nitrogens is 2. The molecule has 7 rings (SSSR count). The number of anilines is 1. The molecular formula is C36H35N3O11. The maximum absolute atomic E-state index is 12.9. The molecule has 14 nitrogen and oxygen atoms in total. The number of carbonyl (C=O) groups excluding carboxylic acids is 1. The number of carboxylic acids is 1. The number of aromatic carboxylic acids is 1. The number of carbonyl (C=O) groups is 2. The van der Waals surface area contributed by atoms with Crippen molar-refractivity contribution >= 4 is 39.4 Å². The zero-order valence-electron chi connectivity index (χ0n) is 27.3. The van der Waals surface area contributed by atoms with Crippen molar-refractivity contribution < 1.29 is 43.1 Å². The molecule has 0 atom stereocenters. The van der Waals surface area contributed by atoms with Gasteiger partial charge in [-0.15, -0.1) is 0 Å². The SMILES string of the molecule is COc1ccc2c(C(=O)Nc3ccccc3)cc(=O)n(CC3OCCO3)c2c1.COc1ccc2c(C(=O)O)cc(=O)n(CC3OCCO3)c2c1. The average molecular weight is 686 g/mol. The molecule has 1 amide bonds. The Morgan fingerprint density at radius 1 is 0.700 bits per heavy atom. The Balaban J connectivity index is 0.000000178. The first-order valence-electron chi connectivity index (χ1n) is 15.7. The number of benzene rings is 3. The fourth-order valence-corrected chi connectivity index (χ4v) is 5.76. The van der Waals surface area contributed by atoms with Gasteiger partial charge in [0.15, 0.2) is 12.6 Å². The van der Waals surface area contributed by atoms with Gasteiger partial charge in [-0.2, -0.15) is 0 Å². The van der Waals surface area contributed by atoms with Gasteiger partial charge in [0.05, 0.1) is 75.9 Å².